The molecular weight excluding hydrogens is 335 g/mol. The standard InChI is InChI=1S/C14H11BrCl2O/c1-14(18,9-3-2-4-11(15)7-9)10-5-6-12(16)13(17)8-10/h2-8,18H,1H3. The summed E-state index contributed by atoms with van der Waals surface area (Å²) in [5.41, 5.74) is 0.378. The highest BCUT2D eigenvalue weighted by molar-refractivity contribution is 9.10. The molecule has 1 unspecified atom stereocenters. The zero-order valence-corrected chi connectivity index (χ0v) is 12.7. The summed E-state index contributed by atoms with van der Waals surface area (Å²) in [6.07, 6.45) is 0. The van der Waals surface area contributed by atoms with Gasteiger partial charge in [-0.2, -0.15) is 0 Å². The maximum atomic E-state index is 10.7. The molecule has 2 aromatic carbocycles. The molecule has 0 aliphatic heterocycles. The van der Waals surface area contributed by atoms with Gasteiger partial charge in [-0.1, -0.05) is 57.3 Å². The number of hydrogen-bond donors (Lipinski definition) is 1. The minimum atomic E-state index is -1.11. The maximum Gasteiger partial charge on any atom is 0.112 e. The molecule has 0 aromatic heterocycles. The van der Waals surface area contributed by atoms with Crippen LogP contribution in [0.15, 0.2) is 46.9 Å². The van der Waals surface area contributed by atoms with Gasteiger partial charge in [-0.15, -0.1) is 0 Å². The molecule has 0 spiro atoms. The second kappa shape index (κ2) is 5.22. The van der Waals surface area contributed by atoms with Crippen LogP contribution in [-0.2, 0) is 5.60 Å². The summed E-state index contributed by atoms with van der Waals surface area (Å²) in [5, 5.41) is 11.6. The molecule has 1 N–H and O–H groups in total. The second-order valence-corrected chi connectivity index (χ2v) is 5.94. The van der Waals surface area contributed by atoms with Crippen molar-refractivity contribution in [3.63, 3.8) is 0 Å². The van der Waals surface area contributed by atoms with Crippen LogP contribution in [-0.4, -0.2) is 5.11 Å². The highest BCUT2D eigenvalue weighted by Gasteiger charge is 2.26. The van der Waals surface area contributed by atoms with E-state index in [1.807, 2.05) is 24.3 Å². The smallest absolute Gasteiger partial charge is 0.112 e. The van der Waals surface area contributed by atoms with E-state index in [9.17, 15) is 5.11 Å². The molecule has 4 heteroatoms. The summed E-state index contributed by atoms with van der Waals surface area (Å²) >= 11 is 15.3. The molecule has 18 heavy (non-hydrogen) atoms. The summed E-state index contributed by atoms with van der Waals surface area (Å²) in [5.74, 6) is 0. The van der Waals surface area contributed by atoms with Crippen molar-refractivity contribution in [2.24, 2.45) is 0 Å². The lowest BCUT2D eigenvalue weighted by Crippen LogP contribution is -2.22. The molecular formula is C14H11BrCl2O. The quantitative estimate of drug-likeness (QED) is 0.810. The van der Waals surface area contributed by atoms with E-state index in [0.29, 0.717) is 15.6 Å². The fourth-order valence-electron chi connectivity index (χ4n) is 1.76. The lowest BCUT2D eigenvalue weighted by molar-refractivity contribution is 0.102. The van der Waals surface area contributed by atoms with Crippen molar-refractivity contribution in [1.29, 1.82) is 0 Å². The number of halogens is 3. The second-order valence-electron chi connectivity index (χ2n) is 4.21. The average molecular weight is 346 g/mol. The van der Waals surface area contributed by atoms with E-state index in [1.54, 1.807) is 25.1 Å². The molecule has 0 saturated heterocycles. The van der Waals surface area contributed by atoms with Crippen LogP contribution < -0.4 is 0 Å². The van der Waals surface area contributed by atoms with Gasteiger partial charge in [0, 0.05) is 4.47 Å². The third-order valence-electron chi connectivity index (χ3n) is 2.87. The van der Waals surface area contributed by atoms with Gasteiger partial charge in [-0.25, -0.2) is 0 Å². The lowest BCUT2D eigenvalue weighted by atomic mass is 9.88. The van der Waals surface area contributed by atoms with Crippen LogP contribution in [0, 0.1) is 0 Å². The van der Waals surface area contributed by atoms with Crippen LogP contribution in [0.4, 0.5) is 0 Å². The number of aliphatic hydroxyl groups is 1. The topological polar surface area (TPSA) is 20.2 Å². The number of rotatable bonds is 2. The van der Waals surface area contributed by atoms with E-state index >= 15 is 0 Å². The van der Waals surface area contributed by atoms with Gasteiger partial charge in [0.05, 0.1) is 10.0 Å². The minimum absolute atomic E-state index is 0.435. The molecule has 0 aliphatic rings. The number of hydrogen-bond acceptors (Lipinski definition) is 1. The summed E-state index contributed by atoms with van der Waals surface area (Å²) < 4.78 is 0.917. The molecule has 0 saturated carbocycles. The van der Waals surface area contributed by atoms with Crippen LogP contribution in [0.25, 0.3) is 0 Å². The first kappa shape index (κ1) is 13.9. The molecule has 2 aromatic rings. The molecule has 0 fully saturated rings. The third kappa shape index (κ3) is 2.72. The van der Waals surface area contributed by atoms with Crippen LogP contribution in [0.3, 0.4) is 0 Å². The average Bonchev–Trinajstić information content (AvgIpc) is 2.32. The Labute approximate surface area is 124 Å². The summed E-state index contributed by atoms with van der Waals surface area (Å²) in [4.78, 5) is 0. The fourth-order valence-corrected chi connectivity index (χ4v) is 2.45. The Morgan fingerprint density at radius 2 is 1.67 bits per heavy atom. The van der Waals surface area contributed by atoms with E-state index in [2.05, 4.69) is 15.9 Å². The molecule has 0 radical (unpaired) electrons. The molecule has 2 rings (SSSR count). The van der Waals surface area contributed by atoms with Gasteiger partial charge in [0.1, 0.15) is 5.60 Å². The van der Waals surface area contributed by atoms with Crippen molar-refractivity contribution in [1.82, 2.24) is 0 Å². The Bertz CT molecular complexity index is 582. The SMILES string of the molecule is CC(O)(c1cccc(Br)c1)c1ccc(Cl)c(Cl)c1. The van der Waals surface area contributed by atoms with Crippen LogP contribution in [0.1, 0.15) is 18.1 Å². The minimum Gasteiger partial charge on any atom is -0.381 e. The van der Waals surface area contributed by atoms with Gasteiger partial charge in [0.15, 0.2) is 0 Å². The molecule has 0 amide bonds. The zero-order valence-electron chi connectivity index (χ0n) is 9.62. The van der Waals surface area contributed by atoms with Gasteiger partial charge in [0.25, 0.3) is 0 Å². The monoisotopic (exact) mass is 344 g/mol. The Morgan fingerprint density at radius 1 is 1.00 bits per heavy atom. The lowest BCUT2D eigenvalue weighted by Gasteiger charge is -2.25. The first-order chi connectivity index (χ1) is 8.41. The fraction of sp³-hybridized carbons (Fsp3) is 0.143. The van der Waals surface area contributed by atoms with Crippen LogP contribution in [0.5, 0.6) is 0 Å². The largest absolute Gasteiger partial charge is 0.381 e. The Balaban J connectivity index is 2.50. The predicted octanol–water partition coefficient (Wildman–Crippen LogP) is 5.01. The van der Waals surface area contributed by atoms with Crippen molar-refractivity contribution in [2.75, 3.05) is 0 Å². The molecule has 94 valence electrons. The summed E-state index contributed by atoms with van der Waals surface area (Å²) in [7, 11) is 0. The highest BCUT2D eigenvalue weighted by atomic mass is 79.9. The first-order valence-electron chi connectivity index (χ1n) is 5.35. The molecule has 1 nitrogen and oxygen atoms in total. The normalized spacial score (nSPS) is 14.3. The van der Waals surface area contributed by atoms with E-state index in [-0.39, 0.29) is 0 Å². The Hall–Kier alpha value is -0.540. The molecule has 0 aliphatic carbocycles. The van der Waals surface area contributed by atoms with Gasteiger partial charge < -0.3 is 5.11 Å². The van der Waals surface area contributed by atoms with Crippen molar-refractivity contribution in [3.8, 4) is 0 Å². The van der Waals surface area contributed by atoms with Crippen molar-refractivity contribution in [2.45, 2.75) is 12.5 Å². The molecule has 1 atom stereocenters. The summed E-state index contributed by atoms with van der Waals surface area (Å²) in [6.45, 7) is 1.73. The van der Waals surface area contributed by atoms with Gasteiger partial charge in [0.2, 0.25) is 0 Å². The maximum absolute atomic E-state index is 10.7. The predicted molar refractivity (Wildman–Crippen MR) is 79.3 cm³/mol. The number of benzene rings is 2. The van der Waals surface area contributed by atoms with E-state index < -0.39 is 5.60 Å². The molecule has 0 bridgehead atoms. The van der Waals surface area contributed by atoms with Gasteiger partial charge in [-0.05, 0) is 42.3 Å². The van der Waals surface area contributed by atoms with Crippen LogP contribution in [0.2, 0.25) is 10.0 Å². The Morgan fingerprint density at radius 3 is 2.28 bits per heavy atom. The van der Waals surface area contributed by atoms with Crippen molar-refractivity contribution in [3.05, 3.63) is 68.1 Å². The van der Waals surface area contributed by atoms with E-state index in [1.165, 1.54) is 0 Å². The Kier molecular flexibility index (Phi) is 4.02. The highest BCUT2D eigenvalue weighted by Crippen LogP contribution is 2.34. The van der Waals surface area contributed by atoms with E-state index in [4.69, 9.17) is 23.2 Å². The first-order valence-corrected chi connectivity index (χ1v) is 6.90. The van der Waals surface area contributed by atoms with E-state index in [0.717, 1.165) is 10.0 Å². The van der Waals surface area contributed by atoms with Gasteiger partial charge in [-0.3, -0.25) is 0 Å². The zero-order chi connectivity index (χ0) is 13.3. The van der Waals surface area contributed by atoms with Gasteiger partial charge >= 0.3 is 0 Å². The summed E-state index contributed by atoms with van der Waals surface area (Å²) in [6, 6.07) is 12.7. The van der Waals surface area contributed by atoms with Crippen molar-refractivity contribution < 1.29 is 5.11 Å². The van der Waals surface area contributed by atoms with Crippen molar-refractivity contribution >= 4 is 39.1 Å². The van der Waals surface area contributed by atoms with Crippen LogP contribution >= 0.6 is 39.1 Å². The third-order valence-corrected chi connectivity index (χ3v) is 4.10. The molecule has 0 heterocycles.